The predicted molar refractivity (Wildman–Crippen MR) is 301 cm³/mol. The van der Waals surface area contributed by atoms with Gasteiger partial charge in [0, 0.05) is 50.3 Å². The second-order valence-corrected chi connectivity index (χ2v) is 18.1. The van der Waals surface area contributed by atoms with E-state index >= 15 is 0 Å². The van der Waals surface area contributed by atoms with Gasteiger partial charge in [-0.1, -0.05) is 194 Å². The number of benzene rings is 12. The molecule has 0 radical (unpaired) electrons. The van der Waals surface area contributed by atoms with Crippen molar-refractivity contribution in [1.82, 2.24) is 4.57 Å². The molecule has 13 aromatic rings. The largest absolute Gasteiger partial charge is 0.310 e. The molecule has 3 nitrogen and oxygen atoms in total. The lowest BCUT2D eigenvalue weighted by Gasteiger charge is -2.28. The van der Waals surface area contributed by atoms with Crippen LogP contribution in [0, 0.1) is 0 Å². The summed E-state index contributed by atoms with van der Waals surface area (Å²) >= 11 is 0. The smallest absolute Gasteiger partial charge is 0.0542 e. The summed E-state index contributed by atoms with van der Waals surface area (Å²) in [5, 5.41) is 7.23. The fourth-order valence-electron chi connectivity index (χ4n) is 10.5. The molecule has 1 aromatic heterocycles. The first-order valence-corrected chi connectivity index (χ1v) is 24.3. The van der Waals surface area contributed by atoms with E-state index in [-0.39, 0.29) is 0 Å². The van der Waals surface area contributed by atoms with Crippen LogP contribution in [0.2, 0.25) is 0 Å². The third-order valence-electron chi connectivity index (χ3n) is 14.0. The summed E-state index contributed by atoms with van der Waals surface area (Å²) in [6, 6.07) is 103. The molecule has 0 spiro atoms. The minimum Gasteiger partial charge on any atom is -0.310 e. The number of anilines is 6. The van der Waals surface area contributed by atoms with Gasteiger partial charge >= 0.3 is 0 Å². The molecule has 13 rings (SSSR count). The average molecular weight is 906 g/mol. The Morgan fingerprint density at radius 1 is 0.239 bits per heavy atom. The van der Waals surface area contributed by atoms with E-state index in [9.17, 15) is 0 Å². The minimum atomic E-state index is 1.08. The molecular formula is C68H47N3. The van der Waals surface area contributed by atoms with Gasteiger partial charge in [0.05, 0.1) is 16.7 Å². The molecule has 1 heterocycles. The summed E-state index contributed by atoms with van der Waals surface area (Å²) in [7, 11) is 0. The van der Waals surface area contributed by atoms with Gasteiger partial charge in [0.15, 0.2) is 0 Å². The first kappa shape index (κ1) is 41.7. The summed E-state index contributed by atoms with van der Waals surface area (Å²) in [6.07, 6.45) is 0. The van der Waals surface area contributed by atoms with Crippen molar-refractivity contribution in [1.29, 1.82) is 0 Å². The molecule has 0 bridgehead atoms. The van der Waals surface area contributed by atoms with Gasteiger partial charge in [-0.05, 0) is 141 Å². The lowest BCUT2D eigenvalue weighted by atomic mass is 9.95. The number of nitrogens with zero attached hydrogens (tertiary/aromatic N) is 3. The van der Waals surface area contributed by atoms with E-state index in [2.05, 4.69) is 299 Å². The number of hydrogen-bond donors (Lipinski definition) is 0. The van der Waals surface area contributed by atoms with E-state index < -0.39 is 0 Å². The summed E-state index contributed by atoms with van der Waals surface area (Å²) in [6.45, 7) is 0. The SMILES string of the molecule is c1ccc(-c2ccc(N(c3ccc(-c4ccc(N(c5ccc(-c6ccccc6)cc5)c5ccc6ccccc6c5)c5ccccc45)cc3)c3ccc4c(c3)c3ccccc3n4-c3ccccc3)cc2)cc1. The van der Waals surface area contributed by atoms with E-state index in [1.54, 1.807) is 0 Å². The van der Waals surface area contributed by atoms with E-state index in [4.69, 9.17) is 0 Å². The molecule has 12 aromatic carbocycles. The summed E-state index contributed by atoms with van der Waals surface area (Å²) < 4.78 is 2.38. The van der Waals surface area contributed by atoms with Gasteiger partial charge in [-0.2, -0.15) is 0 Å². The van der Waals surface area contributed by atoms with Crippen molar-refractivity contribution in [3.8, 4) is 39.1 Å². The van der Waals surface area contributed by atoms with E-state index in [0.29, 0.717) is 0 Å². The molecule has 71 heavy (non-hydrogen) atoms. The molecule has 0 atom stereocenters. The zero-order valence-corrected chi connectivity index (χ0v) is 39.0. The maximum absolute atomic E-state index is 2.41. The second kappa shape index (κ2) is 17.9. The van der Waals surface area contributed by atoms with Crippen molar-refractivity contribution >= 4 is 77.5 Å². The molecule has 3 heteroatoms. The first-order valence-electron chi connectivity index (χ1n) is 24.3. The van der Waals surface area contributed by atoms with Crippen molar-refractivity contribution in [2.24, 2.45) is 0 Å². The van der Waals surface area contributed by atoms with Gasteiger partial charge in [0.1, 0.15) is 0 Å². The molecule has 0 saturated carbocycles. The average Bonchev–Trinajstić information content (AvgIpc) is 3.78. The van der Waals surface area contributed by atoms with Gasteiger partial charge in [-0.15, -0.1) is 0 Å². The van der Waals surface area contributed by atoms with Crippen LogP contribution in [0.25, 0.3) is 82.4 Å². The maximum Gasteiger partial charge on any atom is 0.0542 e. The van der Waals surface area contributed by atoms with Gasteiger partial charge in [0.25, 0.3) is 0 Å². The quantitative estimate of drug-likeness (QED) is 0.135. The highest BCUT2D eigenvalue weighted by molar-refractivity contribution is 6.11. The molecule has 0 fully saturated rings. The standard InChI is InChI=1S/C68H47N3/c1-4-16-48(17-5-1)51-28-35-56(36-29-51)69(60-42-44-68-65(47-60)64-26-14-15-27-66(64)71(68)55-22-8-3-9-23-55)57-39-33-53(34-40-57)61-43-45-67(63-25-13-12-24-62(61)63)70(59-41-32-50-20-10-11-21-54(50)46-59)58-37-30-52(31-38-58)49-18-6-2-7-19-49/h1-47H. The summed E-state index contributed by atoms with van der Waals surface area (Å²) in [4.78, 5) is 4.80. The zero-order chi connectivity index (χ0) is 47.1. The zero-order valence-electron chi connectivity index (χ0n) is 39.0. The molecule has 0 aliphatic heterocycles. The molecule has 0 saturated heterocycles. The monoisotopic (exact) mass is 905 g/mol. The number of rotatable bonds is 10. The van der Waals surface area contributed by atoms with Gasteiger partial charge < -0.3 is 14.4 Å². The van der Waals surface area contributed by atoms with Crippen LogP contribution in [-0.2, 0) is 0 Å². The van der Waals surface area contributed by atoms with Crippen LogP contribution < -0.4 is 9.80 Å². The van der Waals surface area contributed by atoms with Gasteiger partial charge in [-0.3, -0.25) is 0 Å². The van der Waals surface area contributed by atoms with Crippen LogP contribution in [0.5, 0.6) is 0 Å². The molecule has 334 valence electrons. The maximum atomic E-state index is 2.41. The Morgan fingerprint density at radius 2 is 0.690 bits per heavy atom. The van der Waals surface area contributed by atoms with Crippen LogP contribution in [0.4, 0.5) is 34.1 Å². The predicted octanol–water partition coefficient (Wildman–Crippen LogP) is 19.0. The highest BCUT2D eigenvalue weighted by atomic mass is 15.1. The van der Waals surface area contributed by atoms with Gasteiger partial charge in [-0.25, -0.2) is 0 Å². The Morgan fingerprint density at radius 3 is 1.34 bits per heavy atom. The van der Waals surface area contributed by atoms with E-state index in [0.717, 1.165) is 45.4 Å². The first-order chi connectivity index (χ1) is 35.2. The molecule has 0 amide bonds. The van der Waals surface area contributed by atoms with Crippen molar-refractivity contribution in [3.63, 3.8) is 0 Å². The van der Waals surface area contributed by atoms with Crippen molar-refractivity contribution < 1.29 is 0 Å². The Labute approximate surface area is 414 Å². The summed E-state index contributed by atoms with van der Waals surface area (Å²) in [5.74, 6) is 0. The van der Waals surface area contributed by atoms with Crippen LogP contribution >= 0.6 is 0 Å². The Hall–Kier alpha value is -9.44. The molecule has 0 unspecified atom stereocenters. The lowest BCUT2D eigenvalue weighted by molar-refractivity contribution is 1.18. The number of aromatic nitrogens is 1. The van der Waals surface area contributed by atoms with Crippen molar-refractivity contribution in [3.05, 3.63) is 285 Å². The highest BCUT2D eigenvalue weighted by Gasteiger charge is 2.21. The van der Waals surface area contributed by atoms with E-state index in [1.807, 2.05) is 0 Å². The lowest BCUT2D eigenvalue weighted by Crippen LogP contribution is -2.11. The fraction of sp³-hybridized carbons (Fsp3) is 0. The highest BCUT2D eigenvalue weighted by Crippen LogP contribution is 2.45. The third-order valence-corrected chi connectivity index (χ3v) is 14.0. The summed E-state index contributed by atoms with van der Waals surface area (Å²) in [5.41, 5.74) is 17.2. The molecular weight excluding hydrogens is 859 g/mol. The fourth-order valence-corrected chi connectivity index (χ4v) is 10.5. The van der Waals surface area contributed by atoms with Gasteiger partial charge in [0.2, 0.25) is 0 Å². The molecule has 0 N–H and O–H groups in total. The number of para-hydroxylation sites is 2. The topological polar surface area (TPSA) is 11.4 Å². The van der Waals surface area contributed by atoms with Crippen LogP contribution in [-0.4, -0.2) is 4.57 Å². The Balaban J connectivity index is 0.919. The van der Waals surface area contributed by atoms with E-state index in [1.165, 1.54) is 71.2 Å². The normalized spacial score (nSPS) is 11.4. The third kappa shape index (κ3) is 7.67. The van der Waals surface area contributed by atoms with Crippen molar-refractivity contribution in [2.45, 2.75) is 0 Å². The number of fused-ring (bicyclic) bond motifs is 5. The van der Waals surface area contributed by atoms with Crippen LogP contribution in [0.15, 0.2) is 285 Å². The molecule has 0 aliphatic carbocycles. The number of hydrogen-bond acceptors (Lipinski definition) is 2. The Kier molecular flexibility index (Phi) is 10.5. The van der Waals surface area contributed by atoms with Crippen molar-refractivity contribution in [2.75, 3.05) is 9.80 Å². The van der Waals surface area contributed by atoms with Crippen LogP contribution in [0.1, 0.15) is 0 Å². The second-order valence-electron chi connectivity index (χ2n) is 18.1. The molecule has 0 aliphatic rings. The Bertz CT molecular complexity index is 4010. The van der Waals surface area contributed by atoms with Crippen LogP contribution in [0.3, 0.4) is 0 Å². The minimum absolute atomic E-state index is 1.08.